The molecule has 3 heterocycles. The van der Waals surface area contributed by atoms with E-state index in [1.807, 2.05) is 16.7 Å². The minimum absolute atomic E-state index is 0.110. The number of pyridine rings is 1. The largest absolute Gasteiger partial charge is 0.455 e. The zero-order valence-corrected chi connectivity index (χ0v) is 15.3. The normalized spacial score (nSPS) is 13.2. The third-order valence-electron chi connectivity index (χ3n) is 4.51. The molecule has 10 heteroatoms. The molecule has 3 aromatic heterocycles. The summed E-state index contributed by atoms with van der Waals surface area (Å²) in [6.45, 7) is 0.110. The fraction of sp³-hybridized carbons (Fsp3) is 0.211. The molecule has 5 rings (SSSR count). The SMILES string of the molecule is N#Cc1cccc(-n2nnc(COc3nnc(-c4ccncc4)n3C3CC3)n2)c1. The summed E-state index contributed by atoms with van der Waals surface area (Å²) in [7, 11) is 0. The van der Waals surface area contributed by atoms with Crippen LogP contribution in [0.1, 0.15) is 30.3 Å². The van der Waals surface area contributed by atoms with E-state index in [1.54, 1.807) is 36.7 Å². The number of hydrogen-bond donors (Lipinski definition) is 0. The minimum Gasteiger partial charge on any atom is -0.455 e. The van der Waals surface area contributed by atoms with Crippen LogP contribution >= 0.6 is 0 Å². The van der Waals surface area contributed by atoms with Crippen molar-refractivity contribution in [2.24, 2.45) is 0 Å². The van der Waals surface area contributed by atoms with Crippen molar-refractivity contribution < 1.29 is 4.74 Å². The van der Waals surface area contributed by atoms with E-state index in [-0.39, 0.29) is 6.61 Å². The Bertz CT molecular complexity index is 1190. The van der Waals surface area contributed by atoms with Gasteiger partial charge in [-0.15, -0.1) is 20.1 Å². The second kappa shape index (κ2) is 7.12. The number of tetrazole rings is 1. The summed E-state index contributed by atoms with van der Waals surface area (Å²) in [6, 6.07) is 13.6. The highest BCUT2D eigenvalue weighted by Crippen LogP contribution is 2.40. The van der Waals surface area contributed by atoms with E-state index in [4.69, 9.17) is 10.00 Å². The quantitative estimate of drug-likeness (QED) is 0.495. The van der Waals surface area contributed by atoms with Gasteiger partial charge in [-0.3, -0.25) is 9.55 Å². The predicted octanol–water partition coefficient (Wildman–Crippen LogP) is 2.10. The van der Waals surface area contributed by atoms with E-state index in [0.29, 0.717) is 29.1 Å². The van der Waals surface area contributed by atoms with Crippen LogP contribution in [-0.4, -0.2) is 40.0 Å². The summed E-state index contributed by atoms with van der Waals surface area (Å²) in [5.74, 6) is 1.16. The van der Waals surface area contributed by atoms with Gasteiger partial charge in [-0.1, -0.05) is 11.2 Å². The van der Waals surface area contributed by atoms with Crippen LogP contribution in [0.25, 0.3) is 17.1 Å². The zero-order valence-electron chi connectivity index (χ0n) is 15.3. The summed E-state index contributed by atoms with van der Waals surface area (Å²) >= 11 is 0. The Kier molecular flexibility index (Phi) is 4.18. The van der Waals surface area contributed by atoms with Crippen LogP contribution in [0, 0.1) is 11.3 Å². The Morgan fingerprint density at radius 1 is 1.10 bits per heavy atom. The maximum Gasteiger partial charge on any atom is 0.317 e. The van der Waals surface area contributed by atoms with Crippen molar-refractivity contribution in [3.05, 3.63) is 60.2 Å². The summed E-state index contributed by atoms with van der Waals surface area (Å²) in [6.07, 6.45) is 5.59. The highest BCUT2D eigenvalue weighted by molar-refractivity contribution is 5.55. The molecular weight excluding hydrogens is 370 g/mol. The lowest BCUT2D eigenvalue weighted by Crippen LogP contribution is -2.06. The topological polar surface area (TPSA) is 120 Å². The van der Waals surface area contributed by atoms with Gasteiger partial charge in [0.1, 0.15) is 0 Å². The molecule has 4 aromatic rings. The molecule has 1 aromatic carbocycles. The number of aromatic nitrogens is 8. The summed E-state index contributed by atoms with van der Waals surface area (Å²) in [5, 5.41) is 29.9. The third kappa shape index (κ3) is 3.41. The molecule has 0 radical (unpaired) electrons. The lowest BCUT2D eigenvalue weighted by Gasteiger charge is -2.08. The van der Waals surface area contributed by atoms with Crippen molar-refractivity contribution in [3.63, 3.8) is 0 Å². The van der Waals surface area contributed by atoms with Crippen molar-refractivity contribution >= 4 is 0 Å². The van der Waals surface area contributed by atoms with Gasteiger partial charge in [-0.05, 0) is 48.4 Å². The van der Waals surface area contributed by atoms with Gasteiger partial charge in [-0.2, -0.15) is 5.26 Å². The fourth-order valence-corrected chi connectivity index (χ4v) is 2.97. The maximum absolute atomic E-state index is 9.03. The monoisotopic (exact) mass is 385 g/mol. The number of hydrogen-bond acceptors (Lipinski definition) is 8. The van der Waals surface area contributed by atoms with Gasteiger partial charge >= 0.3 is 6.01 Å². The molecule has 29 heavy (non-hydrogen) atoms. The van der Waals surface area contributed by atoms with Crippen LogP contribution in [0.5, 0.6) is 6.01 Å². The van der Waals surface area contributed by atoms with Crippen LogP contribution in [-0.2, 0) is 6.61 Å². The molecule has 1 aliphatic rings. The average molecular weight is 385 g/mol. The Morgan fingerprint density at radius 3 is 2.76 bits per heavy atom. The summed E-state index contributed by atoms with van der Waals surface area (Å²) in [5.41, 5.74) is 2.12. The molecule has 1 saturated carbocycles. The molecule has 0 amide bonds. The van der Waals surface area contributed by atoms with E-state index in [2.05, 4.69) is 36.7 Å². The maximum atomic E-state index is 9.03. The second-order valence-corrected chi connectivity index (χ2v) is 6.59. The van der Waals surface area contributed by atoms with Gasteiger partial charge in [0.25, 0.3) is 0 Å². The van der Waals surface area contributed by atoms with Crippen molar-refractivity contribution in [3.8, 4) is 29.2 Å². The van der Waals surface area contributed by atoms with Gasteiger partial charge in [-0.25, -0.2) is 0 Å². The third-order valence-corrected chi connectivity index (χ3v) is 4.51. The first kappa shape index (κ1) is 17.0. The molecule has 1 fully saturated rings. The van der Waals surface area contributed by atoms with Crippen LogP contribution in [0.15, 0.2) is 48.8 Å². The fourth-order valence-electron chi connectivity index (χ4n) is 2.97. The molecule has 0 spiro atoms. The summed E-state index contributed by atoms with van der Waals surface area (Å²) < 4.78 is 7.87. The smallest absolute Gasteiger partial charge is 0.317 e. The van der Waals surface area contributed by atoms with Crippen molar-refractivity contribution in [1.82, 2.24) is 40.0 Å². The standard InChI is InChI=1S/C19H15N9O/c20-11-13-2-1-3-16(10-13)28-25-17(22-26-28)12-29-19-24-23-18(27(19)15-4-5-15)14-6-8-21-9-7-14/h1-3,6-10,15H,4-5,12H2. The second-order valence-electron chi connectivity index (χ2n) is 6.59. The first-order valence-corrected chi connectivity index (χ1v) is 9.09. The highest BCUT2D eigenvalue weighted by atomic mass is 16.5. The van der Waals surface area contributed by atoms with Crippen molar-refractivity contribution in [2.75, 3.05) is 0 Å². The van der Waals surface area contributed by atoms with Gasteiger partial charge in [0.2, 0.25) is 5.82 Å². The zero-order chi connectivity index (χ0) is 19.6. The van der Waals surface area contributed by atoms with Gasteiger partial charge in [0.05, 0.1) is 17.3 Å². The van der Waals surface area contributed by atoms with Crippen LogP contribution in [0.3, 0.4) is 0 Å². The number of nitrogens with zero attached hydrogens (tertiary/aromatic N) is 9. The first-order valence-electron chi connectivity index (χ1n) is 9.09. The Morgan fingerprint density at radius 2 is 1.97 bits per heavy atom. The molecule has 0 aliphatic heterocycles. The minimum atomic E-state index is 0.110. The Balaban J connectivity index is 1.35. The van der Waals surface area contributed by atoms with Gasteiger partial charge < -0.3 is 4.74 Å². The van der Waals surface area contributed by atoms with E-state index in [9.17, 15) is 0 Å². The van der Waals surface area contributed by atoms with E-state index in [0.717, 1.165) is 24.2 Å². The van der Waals surface area contributed by atoms with E-state index >= 15 is 0 Å². The lowest BCUT2D eigenvalue weighted by atomic mass is 10.2. The van der Waals surface area contributed by atoms with Gasteiger partial charge in [0.15, 0.2) is 12.4 Å². The highest BCUT2D eigenvalue weighted by Gasteiger charge is 2.31. The molecule has 10 nitrogen and oxygen atoms in total. The van der Waals surface area contributed by atoms with E-state index in [1.165, 1.54) is 4.80 Å². The summed E-state index contributed by atoms with van der Waals surface area (Å²) in [4.78, 5) is 5.42. The van der Waals surface area contributed by atoms with Crippen molar-refractivity contribution in [1.29, 1.82) is 5.26 Å². The van der Waals surface area contributed by atoms with Crippen molar-refractivity contribution in [2.45, 2.75) is 25.5 Å². The number of ether oxygens (including phenoxy) is 1. The van der Waals surface area contributed by atoms with E-state index < -0.39 is 0 Å². The Hall–Kier alpha value is -4.13. The molecule has 0 N–H and O–H groups in total. The van der Waals surface area contributed by atoms with Gasteiger partial charge in [0, 0.05) is 24.0 Å². The molecule has 142 valence electrons. The number of rotatable bonds is 6. The van der Waals surface area contributed by atoms with Crippen LogP contribution in [0.4, 0.5) is 0 Å². The first-order chi connectivity index (χ1) is 14.3. The molecule has 0 bridgehead atoms. The number of nitriles is 1. The molecule has 0 saturated heterocycles. The molecule has 0 unspecified atom stereocenters. The molecule has 1 aliphatic carbocycles. The predicted molar refractivity (Wildman–Crippen MR) is 99.7 cm³/mol. The molecule has 0 atom stereocenters. The van der Waals surface area contributed by atoms with Crippen LogP contribution in [0.2, 0.25) is 0 Å². The lowest BCUT2D eigenvalue weighted by molar-refractivity contribution is 0.257. The number of benzene rings is 1. The Labute approximate surface area is 165 Å². The van der Waals surface area contributed by atoms with Crippen LogP contribution < -0.4 is 4.74 Å². The molecular formula is C19H15N9O. The average Bonchev–Trinajstić information content (AvgIpc) is 3.34.